The van der Waals surface area contributed by atoms with Gasteiger partial charge in [0, 0.05) is 33.4 Å². The first-order valence-corrected chi connectivity index (χ1v) is 13.9. The molecule has 37 heavy (non-hydrogen) atoms. The highest BCUT2D eigenvalue weighted by Crippen LogP contribution is 2.40. The first kappa shape index (κ1) is 34.1. The van der Waals surface area contributed by atoms with Crippen LogP contribution < -0.4 is 0 Å². The standard InChI is InChI=1S/C27H50F2O8/c1-7-11-14-32-18-21-22(34-15-12-8-2)23(35-16-13-9-3)24(36-19-31-6)25(37-21)27(28,29)17-20(5)26(30)33-10-4/h20-25H,7-19H2,1-6H3/t20-,21-,22+,23+,24-,25+/m1/s1. The van der Waals surface area contributed by atoms with E-state index in [0.29, 0.717) is 19.8 Å². The van der Waals surface area contributed by atoms with Gasteiger partial charge in [-0.05, 0) is 26.2 Å². The molecular formula is C27H50F2O8. The van der Waals surface area contributed by atoms with Crippen molar-refractivity contribution in [2.45, 2.75) is 116 Å². The van der Waals surface area contributed by atoms with Crippen molar-refractivity contribution in [1.29, 1.82) is 0 Å². The quantitative estimate of drug-likeness (QED) is 0.112. The van der Waals surface area contributed by atoms with E-state index in [2.05, 4.69) is 0 Å². The number of ether oxygens (including phenoxy) is 7. The maximum absolute atomic E-state index is 15.9. The number of unbranched alkanes of at least 4 members (excludes halogenated alkanes) is 3. The van der Waals surface area contributed by atoms with Gasteiger partial charge in [0.2, 0.25) is 0 Å². The number of hydrogen-bond donors (Lipinski definition) is 0. The van der Waals surface area contributed by atoms with Gasteiger partial charge in [0.05, 0.1) is 19.1 Å². The predicted octanol–water partition coefficient (Wildman–Crippen LogP) is 5.15. The molecule has 0 aliphatic carbocycles. The largest absolute Gasteiger partial charge is 0.466 e. The van der Waals surface area contributed by atoms with Gasteiger partial charge >= 0.3 is 5.97 Å². The Balaban J connectivity index is 3.32. The van der Waals surface area contributed by atoms with Crippen molar-refractivity contribution in [3.05, 3.63) is 0 Å². The summed E-state index contributed by atoms with van der Waals surface area (Å²) < 4.78 is 71.8. The highest BCUT2D eigenvalue weighted by molar-refractivity contribution is 5.72. The number of methoxy groups -OCH3 is 1. The fourth-order valence-corrected chi connectivity index (χ4v) is 4.17. The summed E-state index contributed by atoms with van der Waals surface area (Å²) in [6, 6.07) is 0. The van der Waals surface area contributed by atoms with E-state index < -0.39 is 54.8 Å². The lowest BCUT2D eigenvalue weighted by Crippen LogP contribution is -2.65. The molecule has 10 heteroatoms. The van der Waals surface area contributed by atoms with Crippen LogP contribution in [-0.4, -0.2) is 89.3 Å². The van der Waals surface area contributed by atoms with Crippen molar-refractivity contribution < 1.29 is 46.7 Å². The molecule has 0 saturated carbocycles. The second kappa shape index (κ2) is 19.2. The van der Waals surface area contributed by atoms with Crippen molar-refractivity contribution in [2.75, 3.05) is 46.9 Å². The topological polar surface area (TPSA) is 81.7 Å². The average Bonchev–Trinajstić information content (AvgIpc) is 2.86. The molecule has 0 aromatic rings. The van der Waals surface area contributed by atoms with Crippen LogP contribution >= 0.6 is 0 Å². The van der Waals surface area contributed by atoms with E-state index in [9.17, 15) is 4.79 Å². The van der Waals surface area contributed by atoms with E-state index in [1.54, 1.807) is 6.92 Å². The molecule has 0 aromatic carbocycles. The van der Waals surface area contributed by atoms with Crippen LogP contribution in [0.2, 0.25) is 0 Å². The summed E-state index contributed by atoms with van der Waals surface area (Å²) in [6.45, 7) is 10.5. The Kier molecular flexibility index (Phi) is 17.7. The first-order valence-electron chi connectivity index (χ1n) is 13.9. The fraction of sp³-hybridized carbons (Fsp3) is 0.963. The minimum atomic E-state index is -3.42. The maximum atomic E-state index is 15.9. The molecule has 1 aliphatic rings. The number of esters is 1. The Bertz CT molecular complexity index is 595. The van der Waals surface area contributed by atoms with E-state index in [1.165, 1.54) is 14.0 Å². The monoisotopic (exact) mass is 540 g/mol. The van der Waals surface area contributed by atoms with Crippen molar-refractivity contribution in [3.63, 3.8) is 0 Å². The molecular weight excluding hydrogens is 490 g/mol. The van der Waals surface area contributed by atoms with Crippen LogP contribution in [0.5, 0.6) is 0 Å². The third-order valence-electron chi connectivity index (χ3n) is 6.24. The normalized spacial score (nSPS) is 25.2. The summed E-state index contributed by atoms with van der Waals surface area (Å²) in [5.41, 5.74) is 0. The summed E-state index contributed by atoms with van der Waals surface area (Å²) in [7, 11) is 1.42. The zero-order valence-electron chi connectivity index (χ0n) is 23.7. The molecule has 0 N–H and O–H groups in total. The number of carbonyl (C=O) groups excluding carboxylic acids is 1. The molecule has 0 unspecified atom stereocenters. The van der Waals surface area contributed by atoms with Crippen LogP contribution in [0, 0.1) is 5.92 Å². The average molecular weight is 541 g/mol. The molecule has 0 amide bonds. The van der Waals surface area contributed by atoms with Gasteiger partial charge in [-0.15, -0.1) is 0 Å². The Morgan fingerprint density at radius 1 is 0.892 bits per heavy atom. The minimum absolute atomic E-state index is 0.0848. The van der Waals surface area contributed by atoms with Gasteiger partial charge in [-0.25, -0.2) is 8.78 Å². The number of hydrogen-bond acceptors (Lipinski definition) is 8. The van der Waals surface area contributed by atoms with E-state index in [1.807, 2.05) is 20.8 Å². The minimum Gasteiger partial charge on any atom is -0.466 e. The second-order valence-electron chi connectivity index (χ2n) is 9.56. The van der Waals surface area contributed by atoms with E-state index in [-0.39, 0.29) is 20.0 Å². The SMILES string of the molecule is CCCCOC[C@H]1O[C@H](C(F)(F)C[C@@H](C)C(=O)OCC)[C@H](OCOC)[C@@H](OCCCC)[C@H]1OCCCC. The van der Waals surface area contributed by atoms with E-state index in [4.69, 9.17) is 33.2 Å². The summed E-state index contributed by atoms with van der Waals surface area (Å²) in [4.78, 5) is 12.1. The third kappa shape index (κ3) is 11.8. The van der Waals surface area contributed by atoms with Crippen molar-refractivity contribution in [1.82, 2.24) is 0 Å². The van der Waals surface area contributed by atoms with Crippen LogP contribution in [0.4, 0.5) is 8.78 Å². The van der Waals surface area contributed by atoms with Crippen molar-refractivity contribution in [2.24, 2.45) is 5.92 Å². The maximum Gasteiger partial charge on any atom is 0.308 e. The van der Waals surface area contributed by atoms with Gasteiger partial charge in [0.1, 0.15) is 31.2 Å². The van der Waals surface area contributed by atoms with Gasteiger partial charge in [0.25, 0.3) is 5.92 Å². The first-order chi connectivity index (χ1) is 17.8. The molecule has 1 aliphatic heterocycles. The Morgan fingerprint density at radius 3 is 2.05 bits per heavy atom. The molecule has 1 heterocycles. The van der Waals surface area contributed by atoms with Crippen LogP contribution in [-0.2, 0) is 38.0 Å². The summed E-state index contributed by atoms with van der Waals surface area (Å²) >= 11 is 0. The van der Waals surface area contributed by atoms with Gasteiger partial charge in [0.15, 0.2) is 6.10 Å². The van der Waals surface area contributed by atoms with Crippen molar-refractivity contribution in [3.8, 4) is 0 Å². The zero-order valence-corrected chi connectivity index (χ0v) is 23.7. The van der Waals surface area contributed by atoms with Crippen molar-refractivity contribution >= 4 is 5.97 Å². The molecule has 0 bridgehead atoms. The molecule has 8 nitrogen and oxygen atoms in total. The number of alkyl halides is 2. The lowest BCUT2D eigenvalue weighted by atomic mass is 9.87. The highest BCUT2D eigenvalue weighted by Gasteiger charge is 2.57. The van der Waals surface area contributed by atoms with E-state index in [0.717, 1.165) is 38.5 Å². The van der Waals surface area contributed by atoms with Crippen LogP contribution in [0.25, 0.3) is 0 Å². The summed E-state index contributed by atoms with van der Waals surface area (Å²) in [5.74, 6) is -5.13. The third-order valence-corrected chi connectivity index (χ3v) is 6.24. The molecule has 6 atom stereocenters. The van der Waals surface area contributed by atoms with Crippen LogP contribution in [0.1, 0.15) is 79.6 Å². The number of halogens is 2. The smallest absolute Gasteiger partial charge is 0.308 e. The van der Waals surface area contributed by atoms with E-state index >= 15 is 8.78 Å². The highest BCUT2D eigenvalue weighted by atomic mass is 19.3. The van der Waals surface area contributed by atoms with Gasteiger partial charge in [-0.1, -0.05) is 47.0 Å². The Labute approximate surface area is 222 Å². The lowest BCUT2D eigenvalue weighted by Gasteiger charge is -2.48. The van der Waals surface area contributed by atoms with Gasteiger partial charge in [-0.2, -0.15) is 0 Å². The molecule has 1 rings (SSSR count). The molecule has 0 spiro atoms. The molecule has 0 radical (unpaired) electrons. The number of rotatable bonds is 21. The molecule has 1 saturated heterocycles. The lowest BCUT2D eigenvalue weighted by molar-refractivity contribution is -0.314. The summed E-state index contributed by atoms with van der Waals surface area (Å²) in [6.07, 6.45) is -0.760. The second-order valence-corrected chi connectivity index (χ2v) is 9.56. The van der Waals surface area contributed by atoms with Gasteiger partial charge < -0.3 is 33.2 Å². The van der Waals surface area contributed by atoms with Crippen LogP contribution in [0.3, 0.4) is 0 Å². The van der Waals surface area contributed by atoms with Gasteiger partial charge in [-0.3, -0.25) is 4.79 Å². The fourth-order valence-electron chi connectivity index (χ4n) is 4.17. The molecule has 1 fully saturated rings. The predicted molar refractivity (Wildman–Crippen MR) is 136 cm³/mol. The summed E-state index contributed by atoms with van der Waals surface area (Å²) in [5, 5.41) is 0. The zero-order chi connectivity index (χ0) is 27.7. The Hall–Kier alpha value is -0.910. The molecule has 0 aromatic heterocycles. The number of carbonyl (C=O) groups is 1. The van der Waals surface area contributed by atoms with Crippen LogP contribution in [0.15, 0.2) is 0 Å². The molecule has 220 valence electrons. The Morgan fingerprint density at radius 2 is 1.49 bits per heavy atom.